The van der Waals surface area contributed by atoms with Crippen LogP contribution < -0.4 is 15.8 Å². The molecule has 2 aromatic rings. The van der Waals surface area contributed by atoms with Crippen LogP contribution >= 0.6 is 11.8 Å². The maximum atomic E-state index is 12.1. The second kappa shape index (κ2) is 10.3. The molecule has 0 aliphatic heterocycles. The number of benzene rings is 2. The summed E-state index contributed by atoms with van der Waals surface area (Å²) in [4.78, 5) is 24.8. The summed E-state index contributed by atoms with van der Waals surface area (Å²) < 4.78 is 22.5. The first-order chi connectivity index (χ1) is 13.3. The van der Waals surface area contributed by atoms with Gasteiger partial charge in [-0.15, -0.1) is 11.8 Å². The highest BCUT2D eigenvalue weighted by molar-refractivity contribution is 8.00. The van der Waals surface area contributed by atoms with Crippen LogP contribution in [0.25, 0.3) is 0 Å². The summed E-state index contributed by atoms with van der Waals surface area (Å²) in [5.74, 6) is -0.0834. The molecule has 0 bridgehead atoms. The number of nitrogens with two attached hydrogens (primary N) is 1. The number of hydrogen-bond acceptors (Lipinski definition) is 5. The number of hydrogen-bond donors (Lipinski definition) is 3. The van der Waals surface area contributed by atoms with Gasteiger partial charge in [0.2, 0.25) is 21.8 Å². The molecule has 0 saturated carbocycles. The molecule has 28 heavy (non-hydrogen) atoms. The van der Waals surface area contributed by atoms with Gasteiger partial charge in [-0.3, -0.25) is 9.59 Å². The van der Waals surface area contributed by atoms with E-state index in [0.717, 1.165) is 17.7 Å². The van der Waals surface area contributed by atoms with Crippen molar-refractivity contribution in [3.8, 4) is 0 Å². The van der Waals surface area contributed by atoms with Crippen LogP contribution in [0.2, 0.25) is 0 Å². The molecular formula is C19H23N3O4S2. The van der Waals surface area contributed by atoms with Gasteiger partial charge in [-0.05, 0) is 48.9 Å². The van der Waals surface area contributed by atoms with E-state index >= 15 is 0 Å². The van der Waals surface area contributed by atoms with Crippen LogP contribution in [0, 0.1) is 0 Å². The van der Waals surface area contributed by atoms with E-state index in [9.17, 15) is 18.0 Å². The van der Waals surface area contributed by atoms with Gasteiger partial charge >= 0.3 is 0 Å². The van der Waals surface area contributed by atoms with E-state index in [-0.39, 0.29) is 22.5 Å². The Morgan fingerprint density at radius 1 is 1.00 bits per heavy atom. The Kier molecular flexibility index (Phi) is 8.04. The van der Waals surface area contributed by atoms with Crippen LogP contribution in [-0.2, 0) is 19.6 Å². The SMILES string of the molecule is CCCCC(=O)Nc1cccc(SCC(=O)Nc2ccc(S(N)(=O)=O)cc2)c1. The summed E-state index contributed by atoms with van der Waals surface area (Å²) in [5, 5.41) is 10.6. The number of sulfonamides is 1. The minimum Gasteiger partial charge on any atom is -0.326 e. The molecule has 4 N–H and O–H groups in total. The van der Waals surface area contributed by atoms with Crippen molar-refractivity contribution in [2.75, 3.05) is 16.4 Å². The molecule has 0 aromatic heterocycles. The zero-order valence-corrected chi connectivity index (χ0v) is 17.1. The maximum Gasteiger partial charge on any atom is 0.238 e. The Bertz CT molecular complexity index is 928. The predicted molar refractivity (Wildman–Crippen MR) is 112 cm³/mol. The second-order valence-electron chi connectivity index (χ2n) is 6.09. The first-order valence-electron chi connectivity index (χ1n) is 8.73. The number of unbranched alkanes of at least 4 members (excludes halogenated alkanes) is 1. The molecule has 0 spiro atoms. The number of amides is 2. The zero-order chi connectivity index (χ0) is 20.6. The van der Waals surface area contributed by atoms with Crippen LogP contribution in [0.1, 0.15) is 26.2 Å². The number of thioether (sulfide) groups is 1. The van der Waals surface area contributed by atoms with Gasteiger partial charge in [0, 0.05) is 22.7 Å². The monoisotopic (exact) mass is 421 g/mol. The van der Waals surface area contributed by atoms with E-state index in [1.165, 1.54) is 36.0 Å². The summed E-state index contributed by atoms with van der Waals surface area (Å²) >= 11 is 1.34. The van der Waals surface area contributed by atoms with Crippen molar-refractivity contribution in [2.45, 2.75) is 36.0 Å². The van der Waals surface area contributed by atoms with E-state index in [4.69, 9.17) is 5.14 Å². The van der Waals surface area contributed by atoms with Crippen molar-refractivity contribution in [3.05, 3.63) is 48.5 Å². The van der Waals surface area contributed by atoms with E-state index in [1.807, 2.05) is 25.1 Å². The fourth-order valence-corrected chi connectivity index (χ4v) is 3.57. The van der Waals surface area contributed by atoms with Crippen molar-refractivity contribution in [1.29, 1.82) is 0 Å². The first-order valence-corrected chi connectivity index (χ1v) is 11.3. The third-order valence-electron chi connectivity index (χ3n) is 3.71. The van der Waals surface area contributed by atoms with Gasteiger partial charge in [-0.2, -0.15) is 0 Å². The van der Waals surface area contributed by atoms with Crippen molar-refractivity contribution in [3.63, 3.8) is 0 Å². The second-order valence-corrected chi connectivity index (χ2v) is 8.70. The summed E-state index contributed by atoms with van der Waals surface area (Å²) in [7, 11) is -3.76. The standard InChI is InChI=1S/C19H23N3O4S2/c1-2-3-7-18(23)22-15-5-4-6-16(12-15)27-13-19(24)21-14-8-10-17(11-9-14)28(20,25)26/h4-6,8-12H,2-3,7,13H2,1H3,(H,21,24)(H,22,23)(H2,20,25,26). The summed E-state index contributed by atoms with van der Waals surface area (Å²) in [6.45, 7) is 2.03. The van der Waals surface area contributed by atoms with E-state index < -0.39 is 10.0 Å². The Labute approximate surface area is 169 Å². The fraction of sp³-hybridized carbons (Fsp3) is 0.263. The molecule has 0 aliphatic carbocycles. The number of nitrogens with one attached hydrogen (secondary N) is 2. The normalized spacial score (nSPS) is 11.1. The molecule has 0 atom stereocenters. The average molecular weight is 422 g/mol. The highest BCUT2D eigenvalue weighted by Gasteiger charge is 2.09. The molecule has 0 saturated heterocycles. The Hall–Kier alpha value is -2.36. The summed E-state index contributed by atoms with van der Waals surface area (Å²) in [6.07, 6.45) is 2.29. The first kappa shape index (κ1) is 21.9. The van der Waals surface area contributed by atoms with Crippen LogP contribution in [-0.4, -0.2) is 26.0 Å². The lowest BCUT2D eigenvalue weighted by molar-refractivity contribution is -0.116. The van der Waals surface area contributed by atoms with Crippen molar-refractivity contribution >= 4 is 45.0 Å². The Morgan fingerprint density at radius 3 is 2.32 bits per heavy atom. The maximum absolute atomic E-state index is 12.1. The largest absolute Gasteiger partial charge is 0.326 e. The number of anilines is 2. The third kappa shape index (κ3) is 7.34. The fourth-order valence-electron chi connectivity index (χ4n) is 2.30. The Morgan fingerprint density at radius 2 is 1.68 bits per heavy atom. The van der Waals surface area contributed by atoms with Crippen LogP contribution in [0.3, 0.4) is 0 Å². The lowest BCUT2D eigenvalue weighted by Gasteiger charge is -2.08. The zero-order valence-electron chi connectivity index (χ0n) is 15.5. The highest BCUT2D eigenvalue weighted by Crippen LogP contribution is 2.22. The molecule has 0 fully saturated rings. The Balaban J connectivity index is 1.87. The molecule has 0 radical (unpaired) electrons. The minimum absolute atomic E-state index is 0.0160. The van der Waals surface area contributed by atoms with E-state index in [0.29, 0.717) is 17.8 Å². The molecule has 9 heteroatoms. The van der Waals surface area contributed by atoms with Gasteiger partial charge in [-0.25, -0.2) is 13.6 Å². The van der Waals surface area contributed by atoms with Crippen LogP contribution in [0.4, 0.5) is 11.4 Å². The van der Waals surface area contributed by atoms with Gasteiger partial charge in [0.25, 0.3) is 0 Å². The van der Waals surface area contributed by atoms with Gasteiger partial charge in [0.05, 0.1) is 10.6 Å². The number of carbonyl (C=O) groups excluding carboxylic acids is 2. The van der Waals surface area contributed by atoms with Crippen molar-refractivity contribution in [2.24, 2.45) is 5.14 Å². The molecule has 2 rings (SSSR count). The lowest BCUT2D eigenvalue weighted by Crippen LogP contribution is -2.15. The quantitative estimate of drug-likeness (QED) is 0.537. The third-order valence-corrected chi connectivity index (χ3v) is 5.63. The predicted octanol–water partition coefficient (Wildman–Crippen LogP) is 3.19. The van der Waals surface area contributed by atoms with Gasteiger partial charge < -0.3 is 10.6 Å². The molecule has 7 nitrogen and oxygen atoms in total. The molecule has 150 valence electrons. The van der Waals surface area contributed by atoms with Crippen molar-refractivity contribution < 1.29 is 18.0 Å². The van der Waals surface area contributed by atoms with Gasteiger partial charge in [0.1, 0.15) is 0 Å². The van der Waals surface area contributed by atoms with E-state index in [2.05, 4.69) is 10.6 Å². The molecular weight excluding hydrogens is 398 g/mol. The van der Waals surface area contributed by atoms with Crippen molar-refractivity contribution in [1.82, 2.24) is 0 Å². The number of carbonyl (C=O) groups is 2. The molecule has 2 amide bonds. The number of primary sulfonamides is 1. The van der Waals surface area contributed by atoms with Gasteiger partial charge in [0.15, 0.2) is 0 Å². The number of rotatable bonds is 9. The van der Waals surface area contributed by atoms with Crippen LogP contribution in [0.15, 0.2) is 58.3 Å². The average Bonchev–Trinajstić information content (AvgIpc) is 2.65. The molecule has 0 aliphatic rings. The lowest BCUT2D eigenvalue weighted by atomic mass is 10.2. The van der Waals surface area contributed by atoms with Crippen LogP contribution in [0.5, 0.6) is 0 Å². The summed E-state index contributed by atoms with van der Waals surface area (Å²) in [6, 6.07) is 12.9. The topological polar surface area (TPSA) is 118 Å². The molecule has 0 unspecified atom stereocenters. The minimum atomic E-state index is -3.76. The molecule has 0 heterocycles. The highest BCUT2D eigenvalue weighted by atomic mass is 32.2. The van der Waals surface area contributed by atoms with E-state index in [1.54, 1.807) is 6.07 Å². The van der Waals surface area contributed by atoms with Gasteiger partial charge in [-0.1, -0.05) is 19.4 Å². The molecule has 2 aromatic carbocycles. The summed E-state index contributed by atoms with van der Waals surface area (Å²) in [5.41, 5.74) is 1.18. The smallest absolute Gasteiger partial charge is 0.238 e.